The summed E-state index contributed by atoms with van der Waals surface area (Å²) in [6.45, 7) is 0. The van der Waals surface area contributed by atoms with Crippen LogP contribution in [0.4, 0.5) is 0 Å². The van der Waals surface area contributed by atoms with Gasteiger partial charge >= 0.3 is 0 Å². The third-order valence-corrected chi connectivity index (χ3v) is 6.76. The second-order valence-corrected chi connectivity index (χ2v) is 10.2. The molecular formula is C32H48O4. The van der Waals surface area contributed by atoms with Crippen LogP contribution in [0.5, 0.6) is 23.0 Å². The highest BCUT2D eigenvalue weighted by atomic mass is 16.3. The molecule has 0 atom stereocenters. The van der Waals surface area contributed by atoms with E-state index in [0.29, 0.717) is 0 Å². The summed E-state index contributed by atoms with van der Waals surface area (Å²) in [5, 5.41) is 38.1. The number of aryl methyl sites for hydroxylation is 2. The van der Waals surface area contributed by atoms with Crippen LogP contribution in [0.25, 0.3) is 0 Å². The fourth-order valence-corrected chi connectivity index (χ4v) is 4.79. The Hall–Kier alpha value is -2.62. The average Bonchev–Trinajstić information content (AvgIpc) is 2.81. The van der Waals surface area contributed by atoms with E-state index in [1.165, 1.54) is 102 Å². The minimum absolute atomic E-state index is 0.146. The first-order valence-corrected chi connectivity index (χ1v) is 14.2. The van der Waals surface area contributed by atoms with E-state index >= 15 is 0 Å². The van der Waals surface area contributed by atoms with Crippen LogP contribution in [0, 0.1) is 0 Å². The molecule has 0 aliphatic heterocycles. The van der Waals surface area contributed by atoms with Crippen LogP contribution in [-0.2, 0) is 12.8 Å². The number of rotatable bonds is 20. The molecule has 0 unspecified atom stereocenters. The minimum atomic E-state index is 0.146. The largest absolute Gasteiger partial charge is 0.508 e. The normalized spacial score (nSPS) is 11.4. The van der Waals surface area contributed by atoms with Gasteiger partial charge in [-0.15, -0.1) is 0 Å². The van der Waals surface area contributed by atoms with Crippen molar-refractivity contribution in [3.63, 3.8) is 0 Å². The van der Waals surface area contributed by atoms with Gasteiger partial charge in [0.15, 0.2) is 0 Å². The first-order valence-electron chi connectivity index (χ1n) is 14.2. The van der Waals surface area contributed by atoms with Gasteiger partial charge in [0.05, 0.1) is 0 Å². The Labute approximate surface area is 218 Å². The number of phenols is 4. The van der Waals surface area contributed by atoms with Crippen LogP contribution in [-0.4, -0.2) is 20.4 Å². The third-order valence-electron chi connectivity index (χ3n) is 6.76. The molecule has 36 heavy (non-hydrogen) atoms. The lowest BCUT2D eigenvalue weighted by Crippen LogP contribution is -1.87. The fraction of sp³-hybridized carbons (Fsp3) is 0.562. The molecule has 0 radical (unpaired) electrons. The summed E-state index contributed by atoms with van der Waals surface area (Å²) in [4.78, 5) is 0. The predicted octanol–water partition coefficient (Wildman–Crippen LogP) is 9.09. The molecule has 0 aromatic heterocycles. The van der Waals surface area contributed by atoms with E-state index in [4.69, 9.17) is 0 Å². The molecule has 2 aromatic rings. The maximum absolute atomic E-state index is 9.52. The highest BCUT2D eigenvalue weighted by Crippen LogP contribution is 2.23. The molecule has 4 heteroatoms. The van der Waals surface area contributed by atoms with Crippen LogP contribution in [0.2, 0.25) is 0 Å². The van der Waals surface area contributed by atoms with Gasteiger partial charge in [-0.3, -0.25) is 0 Å². The van der Waals surface area contributed by atoms with E-state index < -0.39 is 0 Å². The summed E-state index contributed by atoms with van der Waals surface area (Å²) in [7, 11) is 0. The molecule has 0 heterocycles. The lowest BCUT2D eigenvalue weighted by Gasteiger charge is -2.04. The third kappa shape index (κ3) is 14.7. The highest BCUT2D eigenvalue weighted by Gasteiger charge is 2.01. The van der Waals surface area contributed by atoms with Gasteiger partial charge in [-0.05, 0) is 86.8 Å². The predicted molar refractivity (Wildman–Crippen MR) is 150 cm³/mol. The Morgan fingerprint density at radius 2 is 0.639 bits per heavy atom. The van der Waals surface area contributed by atoms with Gasteiger partial charge in [0.2, 0.25) is 0 Å². The molecule has 4 nitrogen and oxygen atoms in total. The fourth-order valence-electron chi connectivity index (χ4n) is 4.79. The van der Waals surface area contributed by atoms with Gasteiger partial charge in [0, 0.05) is 12.1 Å². The zero-order valence-corrected chi connectivity index (χ0v) is 22.1. The van der Waals surface area contributed by atoms with Crippen LogP contribution >= 0.6 is 0 Å². The van der Waals surface area contributed by atoms with Crippen molar-refractivity contribution in [2.75, 3.05) is 0 Å². The van der Waals surface area contributed by atoms with Crippen molar-refractivity contribution in [3.05, 3.63) is 59.7 Å². The topological polar surface area (TPSA) is 80.9 Å². The van der Waals surface area contributed by atoms with Crippen molar-refractivity contribution in [2.24, 2.45) is 0 Å². The molecule has 0 aliphatic carbocycles. The molecule has 2 aromatic carbocycles. The minimum Gasteiger partial charge on any atom is -0.508 e. The molecule has 200 valence electrons. The number of hydrogen-bond acceptors (Lipinski definition) is 4. The average molecular weight is 497 g/mol. The van der Waals surface area contributed by atoms with Crippen molar-refractivity contribution in [1.29, 1.82) is 0 Å². The van der Waals surface area contributed by atoms with Gasteiger partial charge in [0.25, 0.3) is 0 Å². The first-order chi connectivity index (χ1) is 17.5. The van der Waals surface area contributed by atoms with Crippen molar-refractivity contribution in [3.8, 4) is 23.0 Å². The second-order valence-electron chi connectivity index (χ2n) is 10.2. The van der Waals surface area contributed by atoms with Crippen molar-refractivity contribution in [1.82, 2.24) is 0 Å². The summed E-state index contributed by atoms with van der Waals surface area (Å²) >= 11 is 0. The molecule has 2 rings (SSSR count). The van der Waals surface area contributed by atoms with E-state index in [1.54, 1.807) is 24.3 Å². The van der Waals surface area contributed by atoms with Gasteiger partial charge in [-0.25, -0.2) is 0 Å². The summed E-state index contributed by atoms with van der Waals surface area (Å²) in [5.41, 5.74) is 2.03. The number of hydrogen-bond donors (Lipinski definition) is 4. The van der Waals surface area contributed by atoms with Crippen LogP contribution in [0.3, 0.4) is 0 Å². The van der Waals surface area contributed by atoms with Crippen molar-refractivity contribution < 1.29 is 20.4 Å². The molecule has 0 spiro atoms. The summed E-state index contributed by atoms with van der Waals surface area (Å²) < 4.78 is 0. The maximum atomic E-state index is 9.52. The van der Waals surface area contributed by atoms with Crippen molar-refractivity contribution >= 4 is 0 Å². The second kappa shape index (κ2) is 18.6. The lowest BCUT2D eigenvalue weighted by atomic mass is 10.0. The van der Waals surface area contributed by atoms with Gasteiger partial charge in [-0.2, -0.15) is 0 Å². The molecule has 0 fully saturated rings. The Kier molecular flexibility index (Phi) is 15.3. The lowest BCUT2D eigenvalue weighted by molar-refractivity contribution is 0.447. The molecule has 0 aliphatic rings. The van der Waals surface area contributed by atoms with E-state index in [2.05, 4.69) is 12.2 Å². The molecule has 0 saturated heterocycles. The van der Waals surface area contributed by atoms with Gasteiger partial charge < -0.3 is 20.4 Å². The SMILES string of the molecule is Oc1cc(O)cc(CCCCCCCCC/C=C\CCCCCCCCCc2cc(O)cc(O)c2)c1. The Morgan fingerprint density at radius 3 is 0.972 bits per heavy atom. The number of aromatic hydroxyl groups is 4. The summed E-state index contributed by atoms with van der Waals surface area (Å²) in [6.07, 6.45) is 26.6. The Bertz CT molecular complexity index is 762. The van der Waals surface area contributed by atoms with Crippen molar-refractivity contribution in [2.45, 2.75) is 116 Å². The molecule has 0 saturated carbocycles. The smallest absolute Gasteiger partial charge is 0.119 e. The Morgan fingerprint density at radius 1 is 0.361 bits per heavy atom. The van der Waals surface area contributed by atoms with Crippen LogP contribution in [0.1, 0.15) is 114 Å². The number of phenolic OH excluding ortho intramolecular Hbond substituents is 4. The first kappa shape index (κ1) is 29.6. The molecular weight excluding hydrogens is 448 g/mol. The van der Waals surface area contributed by atoms with Gasteiger partial charge in [-0.1, -0.05) is 76.4 Å². The number of benzene rings is 2. The summed E-state index contributed by atoms with van der Waals surface area (Å²) in [5.74, 6) is 0.585. The van der Waals surface area contributed by atoms with E-state index in [0.717, 1.165) is 36.8 Å². The molecule has 0 amide bonds. The quantitative estimate of drug-likeness (QED) is 0.109. The number of unbranched alkanes of at least 4 members (excludes halogenated alkanes) is 14. The van der Waals surface area contributed by atoms with E-state index in [9.17, 15) is 20.4 Å². The number of allylic oxidation sites excluding steroid dienone is 2. The highest BCUT2D eigenvalue weighted by molar-refractivity contribution is 5.37. The van der Waals surface area contributed by atoms with Gasteiger partial charge in [0.1, 0.15) is 23.0 Å². The standard InChI is InChI=1S/C32H48O4/c33-29-21-27(22-30(34)25-29)19-17-15-13-11-9-7-5-3-1-2-4-6-8-10-12-14-16-18-20-28-23-31(35)26-32(36)24-28/h1-2,21-26,33-36H,3-20H2/b2-1-. The maximum Gasteiger partial charge on any atom is 0.119 e. The zero-order chi connectivity index (χ0) is 25.8. The zero-order valence-electron chi connectivity index (χ0n) is 22.1. The van der Waals surface area contributed by atoms with Crippen LogP contribution < -0.4 is 0 Å². The summed E-state index contributed by atoms with van der Waals surface area (Å²) in [6, 6.07) is 9.72. The van der Waals surface area contributed by atoms with E-state index in [1.807, 2.05) is 0 Å². The monoisotopic (exact) mass is 496 g/mol. The Balaban J connectivity index is 1.29. The van der Waals surface area contributed by atoms with Crippen LogP contribution in [0.15, 0.2) is 48.6 Å². The van der Waals surface area contributed by atoms with E-state index in [-0.39, 0.29) is 23.0 Å². The molecule has 0 bridgehead atoms. The molecule has 4 N–H and O–H groups in total.